The maximum atomic E-state index is 9.89. The number of methoxy groups -OCH3 is 3. The standard InChI is InChI=1S/C19H19N3O4/c1-24-15-10-12(11-16(25-2)18(15)26-3)8-9-17-20-19(22-21-17)13-6-4-5-7-14(13)23/h4-11,23H,1-3H3,(H,20,21,22)/b9-8-. The van der Waals surface area contributed by atoms with E-state index >= 15 is 0 Å². The van der Waals surface area contributed by atoms with Gasteiger partial charge in [-0.1, -0.05) is 18.2 Å². The lowest BCUT2D eigenvalue weighted by Gasteiger charge is -2.12. The maximum Gasteiger partial charge on any atom is 0.203 e. The molecule has 0 aliphatic rings. The molecule has 134 valence electrons. The van der Waals surface area contributed by atoms with Gasteiger partial charge in [0.1, 0.15) is 11.6 Å². The van der Waals surface area contributed by atoms with E-state index in [2.05, 4.69) is 15.2 Å². The minimum absolute atomic E-state index is 0.131. The fraction of sp³-hybridized carbons (Fsp3) is 0.158. The van der Waals surface area contributed by atoms with Gasteiger partial charge in [-0.15, -0.1) is 0 Å². The van der Waals surface area contributed by atoms with Crippen LogP contribution in [0.3, 0.4) is 0 Å². The second-order valence-corrected chi connectivity index (χ2v) is 5.35. The highest BCUT2D eigenvalue weighted by molar-refractivity contribution is 5.72. The average molecular weight is 353 g/mol. The van der Waals surface area contributed by atoms with Crippen molar-refractivity contribution in [2.75, 3.05) is 21.3 Å². The van der Waals surface area contributed by atoms with Gasteiger partial charge in [0, 0.05) is 0 Å². The summed E-state index contributed by atoms with van der Waals surface area (Å²) in [5.41, 5.74) is 1.41. The Morgan fingerprint density at radius 2 is 1.65 bits per heavy atom. The Hall–Kier alpha value is -3.48. The molecule has 0 aliphatic carbocycles. The number of hydrogen-bond donors (Lipinski definition) is 2. The summed E-state index contributed by atoms with van der Waals surface area (Å²) in [6.07, 6.45) is 3.62. The number of phenols is 1. The second kappa shape index (κ2) is 7.60. The summed E-state index contributed by atoms with van der Waals surface area (Å²) in [4.78, 5) is 4.37. The average Bonchev–Trinajstić information content (AvgIpc) is 3.14. The van der Waals surface area contributed by atoms with Gasteiger partial charge in [0.05, 0.1) is 26.9 Å². The third kappa shape index (κ3) is 3.46. The first-order valence-electron chi connectivity index (χ1n) is 7.85. The highest BCUT2D eigenvalue weighted by Gasteiger charge is 2.12. The topological polar surface area (TPSA) is 89.5 Å². The first-order chi connectivity index (χ1) is 12.7. The molecule has 0 atom stereocenters. The normalized spacial score (nSPS) is 10.9. The van der Waals surface area contributed by atoms with Crippen LogP contribution in [0.1, 0.15) is 11.4 Å². The van der Waals surface area contributed by atoms with E-state index in [-0.39, 0.29) is 5.75 Å². The van der Waals surface area contributed by atoms with E-state index in [0.29, 0.717) is 34.5 Å². The lowest BCUT2D eigenvalue weighted by Crippen LogP contribution is -1.95. The number of phenolic OH excluding ortho intramolecular Hbond substituents is 1. The molecule has 0 saturated heterocycles. The summed E-state index contributed by atoms with van der Waals surface area (Å²) in [5.74, 6) is 2.78. The van der Waals surface area contributed by atoms with Crippen molar-refractivity contribution in [1.29, 1.82) is 0 Å². The molecule has 2 N–H and O–H groups in total. The Labute approximate surface area is 150 Å². The van der Waals surface area contributed by atoms with Gasteiger partial charge in [0.2, 0.25) is 5.75 Å². The minimum Gasteiger partial charge on any atom is -0.507 e. The van der Waals surface area contributed by atoms with E-state index in [1.165, 1.54) is 0 Å². The Bertz CT molecular complexity index is 909. The van der Waals surface area contributed by atoms with Gasteiger partial charge < -0.3 is 19.3 Å². The number of nitrogens with one attached hydrogen (secondary N) is 1. The maximum absolute atomic E-state index is 9.89. The molecule has 0 unspecified atom stereocenters. The zero-order chi connectivity index (χ0) is 18.5. The van der Waals surface area contributed by atoms with Crippen molar-refractivity contribution in [1.82, 2.24) is 15.2 Å². The predicted molar refractivity (Wildman–Crippen MR) is 98.5 cm³/mol. The molecule has 0 amide bonds. The van der Waals surface area contributed by atoms with Crippen LogP contribution in [0, 0.1) is 0 Å². The van der Waals surface area contributed by atoms with Crippen LogP contribution >= 0.6 is 0 Å². The Balaban J connectivity index is 1.88. The molecule has 3 aromatic rings. The smallest absolute Gasteiger partial charge is 0.203 e. The summed E-state index contributed by atoms with van der Waals surface area (Å²) in [7, 11) is 4.70. The number of aromatic hydroxyl groups is 1. The van der Waals surface area contributed by atoms with Gasteiger partial charge in [0.15, 0.2) is 17.3 Å². The number of rotatable bonds is 6. The highest BCUT2D eigenvalue weighted by Crippen LogP contribution is 2.38. The van der Waals surface area contributed by atoms with Crippen LogP contribution in [0.25, 0.3) is 23.5 Å². The van der Waals surface area contributed by atoms with Gasteiger partial charge >= 0.3 is 0 Å². The minimum atomic E-state index is 0.131. The van der Waals surface area contributed by atoms with Crippen LogP contribution in [-0.2, 0) is 0 Å². The number of ether oxygens (including phenoxy) is 3. The van der Waals surface area contributed by atoms with Crippen LogP contribution in [0.15, 0.2) is 36.4 Å². The Morgan fingerprint density at radius 3 is 2.27 bits per heavy atom. The highest BCUT2D eigenvalue weighted by atomic mass is 16.5. The van der Waals surface area contributed by atoms with Crippen molar-refractivity contribution in [2.45, 2.75) is 0 Å². The van der Waals surface area contributed by atoms with Crippen molar-refractivity contribution in [3.05, 3.63) is 47.8 Å². The van der Waals surface area contributed by atoms with Gasteiger partial charge in [0.25, 0.3) is 0 Å². The molecule has 1 heterocycles. The predicted octanol–water partition coefficient (Wildman–Crippen LogP) is 3.37. The van der Waals surface area contributed by atoms with Crippen LogP contribution < -0.4 is 14.2 Å². The molecular formula is C19H19N3O4. The van der Waals surface area contributed by atoms with Crippen molar-refractivity contribution < 1.29 is 19.3 Å². The van der Waals surface area contributed by atoms with Crippen LogP contribution in [0.2, 0.25) is 0 Å². The van der Waals surface area contributed by atoms with E-state index in [4.69, 9.17) is 14.2 Å². The number of hydrogen-bond acceptors (Lipinski definition) is 6. The number of aromatic amines is 1. The summed E-state index contributed by atoms with van der Waals surface area (Å²) >= 11 is 0. The van der Waals surface area contributed by atoms with Gasteiger partial charge in [-0.25, -0.2) is 4.98 Å². The molecule has 2 aromatic carbocycles. The summed E-state index contributed by atoms with van der Waals surface area (Å²) < 4.78 is 16.0. The van der Waals surface area contributed by atoms with E-state index in [1.807, 2.05) is 24.3 Å². The molecule has 0 saturated carbocycles. The fourth-order valence-corrected chi connectivity index (χ4v) is 2.50. The van der Waals surface area contributed by atoms with E-state index < -0.39 is 0 Å². The number of para-hydroxylation sites is 1. The Kier molecular flexibility index (Phi) is 5.07. The molecule has 3 rings (SSSR count). The van der Waals surface area contributed by atoms with E-state index in [0.717, 1.165) is 5.56 Å². The molecule has 26 heavy (non-hydrogen) atoms. The molecule has 0 fully saturated rings. The third-order valence-electron chi connectivity index (χ3n) is 3.77. The quantitative estimate of drug-likeness (QED) is 0.706. The second-order valence-electron chi connectivity index (χ2n) is 5.35. The number of aromatic nitrogens is 3. The third-order valence-corrected chi connectivity index (χ3v) is 3.77. The molecule has 7 nitrogen and oxygen atoms in total. The van der Waals surface area contributed by atoms with E-state index in [1.54, 1.807) is 45.6 Å². The van der Waals surface area contributed by atoms with E-state index in [9.17, 15) is 5.11 Å². The molecule has 0 aliphatic heterocycles. The summed E-state index contributed by atoms with van der Waals surface area (Å²) in [6, 6.07) is 10.6. The van der Waals surface area contributed by atoms with Crippen molar-refractivity contribution in [3.8, 4) is 34.4 Å². The zero-order valence-electron chi connectivity index (χ0n) is 14.7. The molecule has 1 aromatic heterocycles. The number of H-pyrrole nitrogens is 1. The zero-order valence-corrected chi connectivity index (χ0v) is 14.7. The monoisotopic (exact) mass is 353 g/mol. The fourth-order valence-electron chi connectivity index (χ4n) is 2.50. The Morgan fingerprint density at radius 1 is 0.962 bits per heavy atom. The summed E-state index contributed by atoms with van der Waals surface area (Å²) in [6.45, 7) is 0. The molecule has 0 radical (unpaired) electrons. The lowest BCUT2D eigenvalue weighted by molar-refractivity contribution is 0.324. The molecule has 0 bridgehead atoms. The SMILES string of the molecule is COc1cc(/C=C\c2nc(-c3ccccc3O)n[nH]2)cc(OC)c1OC. The molecule has 0 spiro atoms. The lowest BCUT2D eigenvalue weighted by atomic mass is 10.1. The summed E-state index contributed by atoms with van der Waals surface area (Å²) in [5, 5.41) is 16.9. The van der Waals surface area contributed by atoms with Crippen LogP contribution in [0.5, 0.6) is 23.0 Å². The van der Waals surface area contributed by atoms with Crippen molar-refractivity contribution in [2.24, 2.45) is 0 Å². The van der Waals surface area contributed by atoms with Gasteiger partial charge in [-0.2, -0.15) is 5.10 Å². The first kappa shape index (κ1) is 17.3. The largest absolute Gasteiger partial charge is 0.507 e. The first-order valence-corrected chi connectivity index (χ1v) is 7.85. The number of nitrogens with zero attached hydrogens (tertiary/aromatic N) is 2. The number of benzene rings is 2. The van der Waals surface area contributed by atoms with Gasteiger partial charge in [-0.05, 0) is 35.9 Å². The van der Waals surface area contributed by atoms with Crippen molar-refractivity contribution in [3.63, 3.8) is 0 Å². The van der Waals surface area contributed by atoms with Crippen LogP contribution in [0.4, 0.5) is 0 Å². The van der Waals surface area contributed by atoms with Gasteiger partial charge in [-0.3, -0.25) is 5.10 Å². The van der Waals surface area contributed by atoms with Crippen molar-refractivity contribution >= 4 is 12.2 Å². The molecule has 7 heteroatoms. The van der Waals surface area contributed by atoms with Crippen LogP contribution in [-0.4, -0.2) is 41.6 Å². The molecular weight excluding hydrogens is 334 g/mol.